The number of aromatic hydroxyl groups is 1. The molecule has 0 aliphatic heterocycles. The Morgan fingerprint density at radius 3 is 2.33 bits per heavy atom. The first-order chi connectivity index (χ1) is 9.99. The van der Waals surface area contributed by atoms with E-state index in [-0.39, 0.29) is 26.9 Å². The number of carbonyl (C=O) groups is 2. The van der Waals surface area contributed by atoms with Crippen molar-refractivity contribution >= 4 is 35.0 Å². The smallest absolute Gasteiger partial charge is 0.271 e. The third kappa shape index (κ3) is 3.65. The van der Waals surface area contributed by atoms with Crippen LogP contribution in [0.25, 0.3) is 0 Å². The van der Waals surface area contributed by atoms with Crippen LogP contribution in [0.2, 0.25) is 10.0 Å². The monoisotopic (exact) mass is 324 g/mol. The molecule has 0 unspecified atom stereocenters. The van der Waals surface area contributed by atoms with Gasteiger partial charge in [-0.05, 0) is 30.3 Å². The lowest BCUT2D eigenvalue weighted by molar-refractivity contribution is 0.0846. The Bertz CT molecular complexity index is 704. The van der Waals surface area contributed by atoms with E-state index in [1.54, 1.807) is 12.1 Å². The minimum Gasteiger partial charge on any atom is -0.508 e. The molecule has 7 heteroatoms. The molecular weight excluding hydrogens is 315 g/mol. The van der Waals surface area contributed by atoms with Gasteiger partial charge < -0.3 is 5.11 Å². The Hall–Kier alpha value is -2.24. The summed E-state index contributed by atoms with van der Waals surface area (Å²) in [5.74, 6) is -1.22. The second kappa shape index (κ2) is 6.47. The zero-order chi connectivity index (χ0) is 15.4. The zero-order valence-corrected chi connectivity index (χ0v) is 12.1. The van der Waals surface area contributed by atoms with Gasteiger partial charge in [0.15, 0.2) is 0 Å². The number of rotatable bonds is 2. The second-order valence-electron chi connectivity index (χ2n) is 4.06. The molecule has 0 atom stereocenters. The molecule has 0 saturated carbocycles. The molecule has 0 aromatic heterocycles. The summed E-state index contributed by atoms with van der Waals surface area (Å²) in [5, 5.41) is 9.62. The van der Waals surface area contributed by atoms with Crippen LogP contribution in [0.5, 0.6) is 5.75 Å². The number of phenolic OH excluding ortho intramolecular Hbond substituents is 1. The van der Waals surface area contributed by atoms with Crippen LogP contribution >= 0.6 is 23.2 Å². The molecule has 2 aromatic carbocycles. The van der Waals surface area contributed by atoms with Crippen molar-refractivity contribution in [2.24, 2.45) is 0 Å². The number of hydrogen-bond acceptors (Lipinski definition) is 3. The highest BCUT2D eigenvalue weighted by molar-refractivity contribution is 6.43. The third-order valence-electron chi connectivity index (χ3n) is 2.59. The van der Waals surface area contributed by atoms with E-state index in [1.807, 2.05) is 0 Å². The average Bonchev–Trinajstić information content (AvgIpc) is 2.47. The number of halogens is 2. The van der Waals surface area contributed by atoms with Gasteiger partial charge in [-0.15, -0.1) is 0 Å². The SMILES string of the molecule is O=C(NNC(=O)c1cccc(Cl)c1Cl)c1cccc(O)c1. The summed E-state index contributed by atoms with van der Waals surface area (Å²) in [5.41, 5.74) is 4.78. The minimum atomic E-state index is -0.601. The number of hydrazine groups is 1. The zero-order valence-electron chi connectivity index (χ0n) is 10.6. The quantitative estimate of drug-likeness (QED) is 0.743. The van der Waals surface area contributed by atoms with Crippen molar-refractivity contribution in [2.45, 2.75) is 0 Å². The molecule has 2 aromatic rings. The van der Waals surface area contributed by atoms with Gasteiger partial charge in [0.25, 0.3) is 11.8 Å². The Kier molecular flexibility index (Phi) is 4.67. The van der Waals surface area contributed by atoms with E-state index in [1.165, 1.54) is 30.3 Å². The van der Waals surface area contributed by atoms with Crippen molar-refractivity contribution < 1.29 is 14.7 Å². The summed E-state index contributed by atoms with van der Waals surface area (Å²) < 4.78 is 0. The predicted octanol–water partition coefficient (Wildman–Crippen LogP) is 2.77. The van der Waals surface area contributed by atoms with Gasteiger partial charge in [-0.25, -0.2) is 0 Å². The summed E-state index contributed by atoms with van der Waals surface area (Å²) in [7, 11) is 0. The van der Waals surface area contributed by atoms with Gasteiger partial charge in [0.1, 0.15) is 5.75 Å². The minimum absolute atomic E-state index is 0.0492. The maximum Gasteiger partial charge on any atom is 0.271 e. The van der Waals surface area contributed by atoms with Crippen LogP contribution in [-0.2, 0) is 0 Å². The second-order valence-corrected chi connectivity index (χ2v) is 4.85. The first-order valence-corrected chi connectivity index (χ1v) is 6.58. The van der Waals surface area contributed by atoms with Crippen LogP contribution in [0.1, 0.15) is 20.7 Å². The lowest BCUT2D eigenvalue weighted by atomic mass is 10.2. The van der Waals surface area contributed by atoms with E-state index >= 15 is 0 Å². The summed E-state index contributed by atoms with van der Waals surface area (Å²) >= 11 is 11.7. The topological polar surface area (TPSA) is 78.4 Å². The van der Waals surface area contributed by atoms with Crippen molar-refractivity contribution in [3.63, 3.8) is 0 Å². The van der Waals surface area contributed by atoms with Crippen LogP contribution in [0.4, 0.5) is 0 Å². The van der Waals surface area contributed by atoms with Gasteiger partial charge >= 0.3 is 0 Å². The predicted molar refractivity (Wildman–Crippen MR) is 79.5 cm³/mol. The lowest BCUT2D eigenvalue weighted by Gasteiger charge is -2.09. The van der Waals surface area contributed by atoms with E-state index in [9.17, 15) is 14.7 Å². The van der Waals surface area contributed by atoms with Crippen LogP contribution in [0, 0.1) is 0 Å². The van der Waals surface area contributed by atoms with E-state index in [2.05, 4.69) is 10.9 Å². The van der Waals surface area contributed by atoms with Crippen LogP contribution in [0.3, 0.4) is 0 Å². The molecule has 3 N–H and O–H groups in total. The molecule has 0 aliphatic rings. The molecular formula is C14H10Cl2N2O3. The summed E-state index contributed by atoms with van der Waals surface area (Å²) in [6.45, 7) is 0. The van der Waals surface area contributed by atoms with E-state index in [0.717, 1.165) is 0 Å². The molecule has 5 nitrogen and oxygen atoms in total. The number of nitrogens with one attached hydrogen (secondary N) is 2. The van der Waals surface area contributed by atoms with Gasteiger partial charge in [-0.1, -0.05) is 35.3 Å². The maximum atomic E-state index is 11.9. The fourth-order valence-electron chi connectivity index (χ4n) is 1.58. The molecule has 0 radical (unpaired) electrons. The molecule has 0 saturated heterocycles. The summed E-state index contributed by atoms with van der Waals surface area (Å²) in [6.07, 6.45) is 0. The number of amides is 2. The van der Waals surface area contributed by atoms with E-state index in [0.29, 0.717) is 0 Å². The highest BCUT2D eigenvalue weighted by atomic mass is 35.5. The van der Waals surface area contributed by atoms with Crippen LogP contribution in [0.15, 0.2) is 42.5 Å². The van der Waals surface area contributed by atoms with E-state index < -0.39 is 11.8 Å². The van der Waals surface area contributed by atoms with Crippen molar-refractivity contribution in [3.8, 4) is 5.75 Å². The first kappa shape index (κ1) is 15.2. The van der Waals surface area contributed by atoms with Crippen molar-refractivity contribution in [1.82, 2.24) is 10.9 Å². The number of hydrogen-bond donors (Lipinski definition) is 3. The Balaban J connectivity index is 2.04. The first-order valence-electron chi connectivity index (χ1n) is 5.83. The van der Waals surface area contributed by atoms with Gasteiger partial charge in [0, 0.05) is 5.56 Å². The third-order valence-corrected chi connectivity index (χ3v) is 3.41. The van der Waals surface area contributed by atoms with Gasteiger partial charge in [-0.2, -0.15) is 0 Å². The Labute approximate surface area is 130 Å². The molecule has 108 valence electrons. The normalized spacial score (nSPS) is 10.0. The van der Waals surface area contributed by atoms with Crippen molar-refractivity contribution in [1.29, 1.82) is 0 Å². The van der Waals surface area contributed by atoms with Gasteiger partial charge in [-0.3, -0.25) is 20.4 Å². The molecule has 2 amide bonds. The lowest BCUT2D eigenvalue weighted by Crippen LogP contribution is -2.41. The van der Waals surface area contributed by atoms with E-state index in [4.69, 9.17) is 23.2 Å². The van der Waals surface area contributed by atoms with Gasteiger partial charge in [0.2, 0.25) is 0 Å². The molecule has 0 fully saturated rings. The molecule has 0 heterocycles. The number of carbonyl (C=O) groups excluding carboxylic acids is 2. The standard InChI is InChI=1S/C14H10Cl2N2O3/c15-11-6-2-5-10(12(11)16)14(21)18-17-13(20)8-3-1-4-9(19)7-8/h1-7,19H,(H,17,20)(H,18,21). The fraction of sp³-hybridized carbons (Fsp3) is 0. The number of phenols is 1. The Morgan fingerprint density at radius 2 is 1.62 bits per heavy atom. The van der Waals surface area contributed by atoms with Crippen LogP contribution < -0.4 is 10.9 Å². The highest BCUT2D eigenvalue weighted by Gasteiger charge is 2.14. The molecule has 2 rings (SSSR count). The number of benzene rings is 2. The molecule has 0 aliphatic carbocycles. The van der Waals surface area contributed by atoms with Crippen molar-refractivity contribution in [2.75, 3.05) is 0 Å². The van der Waals surface area contributed by atoms with Gasteiger partial charge in [0.05, 0.1) is 15.6 Å². The fourth-order valence-corrected chi connectivity index (χ4v) is 1.97. The average molecular weight is 325 g/mol. The van der Waals surface area contributed by atoms with Crippen molar-refractivity contribution in [3.05, 3.63) is 63.6 Å². The van der Waals surface area contributed by atoms with Crippen LogP contribution in [-0.4, -0.2) is 16.9 Å². The molecule has 21 heavy (non-hydrogen) atoms. The maximum absolute atomic E-state index is 11.9. The Morgan fingerprint density at radius 1 is 0.952 bits per heavy atom. The highest BCUT2D eigenvalue weighted by Crippen LogP contribution is 2.25. The largest absolute Gasteiger partial charge is 0.508 e. The molecule has 0 spiro atoms. The summed E-state index contributed by atoms with van der Waals surface area (Å²) in [6, 6.07) is 10.3. The summed E-state index contributed by atoms with van der Waals surface area (Å²) in [4.78, 5) is 23.7. The molecule has 0 bridgehead atoms.